The fourth-order valence-corrected chi connectivity index (χ4v) is 1.94. The first-order chi connectivity index (χ1) is 5.33. The number of rotatable bonds is 4. The quantitative estimate of drug-likeness (QED) is 0.546. The van der Waals surface area contributed by atoms with Crippen LogP contribution in [0.15, 0.2) is 12.8 Å². The van der Waals surface area contributed by atoms with Crippen molar-refractivity contribution in [1.82, 2.24) is 0 Å². The van der Waals surface area contributed by atoms with Crippen LogP contribution in [0.25, 0.3) is 0 Å². The third-order valence-corrected chi connectivity index (χ3v) is 2.80. The van der Waals surface area contributed by atoms with Crippen molar-refractivity contribution >= 4 is 0 Å². The maximum atomic E-state index is 3.94. The summed E-state index contributed by atoms with van der Waals surface area (Å²) in [6.45, 7) is 10.2. The van der Waals surface area contributed by atoms with Crippen LogP contribution in [0.1, 0.15) is 32.6 Å². The van der Waals surface area contributed by atoms with Gasteiger partial charge in [0.15, 0.2) is 0 Å². The molecule has 1 rings (SSSR count). The highest BCUT2D eigenvalue weighted by Crippen LogP contribution is 2.20. The smallest absolute Gasteiger partial charge is 0.0885 e. The highest BCUT2D eigenvalue weighted by Gasteiger charge is 2.27. The van der Waals surface area contributed by atoms with E-state index in [2.05, 4.69) is 19.7 Å². The molecular formula is C10H20N+. The van der Waals surface area contributed by atoms with Crippen LogP contribution in [0, 0.1) is 0 Å². The highest BCUT2D eigenvalue weighted by molar-refractivity contribution is 4.63. The van der Waals surface area contributed by atoms with Crippen LogP contribution in [-0.2, 0) is 0 Å². The third-order valence-electron chi connectivity index (χ3n) is 2.80. The van der Waals surface area contributed by atoms with E-state index in [-0.39, 0.29) is 0 Å². The van der Waals surface area contributed by atoms with Gasteiger partial charge in [-0.15, -0.1) is 0 Å². The molecule has 0 aliphatic carbocycles. The van der Waals surface area contributed by atoms with Gasteiger partial charge in [-0.3, -0.25) is 4.48 Å². The molecule has 11 heavy (non-hydrogen) atoms. The molecule has 1 aliphatic heterocycles. The van der Waals surface area contributed by atoms with Crippen molar-refractivity contribution in [2.75, 3.05) is 19.6 Å². The summed E-state index contributed by atoms with van der Waals surface area (Å²) >= 11 is 0. The van der Waals surface area contributed by atoms with Gasteiger partial charge in [-0.1, -0.05) is 13.3 Å². The molecule has 1 nitrogen and oxygen atoms in total. The minimum atomic E-state index is 1.19. The molecule has 0 saturated carbocycles. The Morgan fingerprint density at radius 3 is 2.45 bits per heavy atom. The van der Waals surface area contributed by atoms with E-state index in [0.717, 1.165) is 0 Å². The Hall–Kier alpha value is -0.300. The standard InChI is InChI=1S/C10H20N/c1-3-5-8-11(4-2)9-6-7-10-11/h4H,2-3,5-10H2,1H3/q+1. The number of quaternary nitrogens is 1. The van der Waals surface area contributed by atoms with E-state index in [4.69, 9.17) is 0 Å². The zero-order valence-electron chi connectivity index (χ0n) is 7.68. The number of nitrogens with zero attached hydrogens (tertiary/aromatic N) is 1. The Bertz CT molecular complexity index is 123. The molecule has 0 aromatic heterocycles. The van der Waals surface area contributed by atoms with E-state index < -0.39 is 0 Å². The van der Waals surface area contributed by atoms with Gasteiger partial charge >= 0.3 is 0 Å². The van der Waals surface area contributed by atoms with Gasteiger partial charge in [0.05, 0.1) is 25.8 Å². The minimum absolute atomic E-state index is 1.19. The van der Waals surface area contributed by atoms with Crippen molar-refractivity contribution in [2.24, 2.45) is 0 Å². The van der Waals surface area contributed by atoms with Crippen LogP contribution in [0.4, 0.5) is 0 Å². The average molecular weight is 154 g/mol. The molecule has 0 spiro atoms. The number of unbranched alkanes of at least 4 members (excludes halogenated alkanes) is 1. The summed E-state index contributed by atoms with van der Waals surface area (Å²) < 4.78 is 1.19. The fourth-order valence-electron chi connectivity index (χ4n) is 1.94. The Morgan fingerprint density at radius 2 is 2.00 bits per heavy atom. The van der Waals surface area contributed by atoms with Gasteiger partial charge in [-0.2, -0.15) is 0 Å². The average Bonchev–Trinajstić information content (AvgIpc) is 2.50. The van der Waals surface area contributed by atoms with Crippen molar-refractivity contribution in [1.29, 1.82) is 0 Å². The second-order valence-corrected chi connectivity index (χ2v) is 3.63. The first-order valence-corrected chi connectivity index (χ1v) is 4.82. The lowest BCUT2D eigenvalue weighted by molar-refractivity contribution is -0.867. The van der Waals surface area contributed by atoms with Crippen LogP contribution < -0.4 is 0 Å². The van der Waals surface area contributed by atoms with E-state index in [9.17, 15) is 0 Å². The van der Waals surface area contributed by atoms with Crippen LogP contribution in [0.3, 0.4) is 0 Å². The lowest BCUT2D eigenvalue weighted by Crippen LogP contribution is -2.39. The van der Waals surface area contributed by atoms with E-state index in [0.29, 0.717) is 0 Å². The first-order valence-electron chi connectivity index (χ1n) is 4.82. The van der Waals surface area contributed by atoms with Crippen LogP contribution in [0.2, 0.25) is 0 Å². The van der Waals surface area contributed by atoms with Gasteiger partial charge in [-0.05, 0) is 13.0 Å². The summed E-state index contributed by atoms with van der Waals surface area (Å²) in [4.78, 5) is 0. The van der Waals surface area contributed by atoms with Crippen molar-refractivity contribution in [3.63, 3.8) is 0 Å². The van der Waals surface area contributed by atoms with Gasteiger partial charge in [0.1, 0.15) is 0 Å². The summed E-state index contributed by atoms with van der Waals surface area (Å²) in [6.07, 6.45) is 7.62. The Labute approximate surface area is 70.3 Å². The maximum absolute atomic E-state index is 3.94. The summed E-state index contributed by atoms with van der Waals surface area (Å²) in [7, 11) is 0. The number of hydrogen-bond acceptors (Lipinski definition) is 0. The van der Waals surface area contributed by atoms with Gasteiger partial charge in [0.2, 0.25) is 0 Å². The second kappa shape index (κ2) is 3.91. The topological polar surface area (TPSA) is 0 Å². The predicted molar refractivity (Wildman–Crippen MR) is 49.2 cm³/mol. The normalized spacial score (nSPS) is 21.9. The van der Waals surface area contributed by atoms with Crippen LogP contribution in [-0.4, -0.2) is 24.1 Å². The molecule has 1 heterocycles. The Morgan fingerprint density at radius 1 is 1.36 bits per heavy atom. The molecule has 0 radical (unpaired) electrons. The fraction of sp³-hybridized carbons (Fsp3) is 0.800. The monoisotopic (exact) mass is 154 g/mol. The molecule has 1 fully saturated rings. The van der Waals surface area contributed by atoms with Crippen molar-refractivity contribution < 1.29 is 4.48 Å². The largest absolute Gasteiger partial charge is 0.298 e. The van der Waals surface area contributed by atoms with Gasteiger partial charge in [0, 0.05) is 12.8 Å². The lowest BCUT2D eigenvalue weighted by Gasteiger charge is -2.29. The van der Waals surface area contributed by atoms with E-state index >= 15 is 0 Å². The minimum Gasteiger partial charge on any atom is -0.298 e. The zero-order chi connectivity index (χ0) is 8.16. The lowest BCUT2D eigenvalue weighted by atomic mass is 10.3. The molecule has 1 heteroatoms. The molecule has 0 aromatic rings. The Kier molecular flexibility index (Phi) is 3.13. The SMILES string of the molecule is C=C[N+]1(CCCC)CCCC1. The third kappa shape index (κ3) is 2.06. The number of likely N-dealkylation sites (tertiary alicyclic amines) is 1. The molecule has 64 valence electrons. The predicted octanol–water partition coefficient (Wildman–Crippen LogP) is 2.54. The first kappa shape index (κ1) is 8.79. The highest BCUT2D eigenvalue weighted by atomic mass is 15.3. The summed E-state index contributed by atoms with van der Waals surface area (Å²) in [5, 5.41) is 0. The summed E-state index contributed by atoms with van der Waals surface area (Å²) in [5.41, 5.74) is 0. The van der Waals surface area contributed by atoms with E-state index in [1.165, 1.54) is 49.8 Å². The van der Waals surface area contributed by atoms with E-state index in [1.807, 2.05) is 0 Å². The molecular weight excluding hydrogens is 134 g/mol. The van der Waals surface area contributed by atoms with Crippen LogP contribution >= 0.6 is 0 Å². The van der Waals surface area contributed by atoms with Crippen LogP contribution in [0.5, 0.6) is 0 Å². The van der Waals surface area contributed by atoms with E-state index in [1.54, 1.807) is 0 Å². The van der Waals surface area contributed by atoms with Gasteiger partial charge < -0.3 is 0 Å². The van der Waals surface area contributed by atoms with Gasteiger partial charge in [0.25, 0.3) is 0 Å². The molecule has 0 amide bonds. The number of hydrogen-bond donors (Lipinski definition) is 0. The molecule has 0 aromatic carbocycles. The molecule has 0 atom stereocenters. The zero-order valence-corrected chi connectivity index (χ0v) is 7.68. The molecule has 0 N–H and O–H groups in total. The van der Waals surface area contributed by atoms with Crippen molar-refractivity contribution in [2.45, 2.75) is 32.6 Å². The maximum Gasteiger partial charge on any atom is 0.0885 e. The summed E-state index contributed by atoms with van der Waals surface area (Å²) in [6, 6.07) is 0. The molecule has 0 bridgehead atoms. The van der Waals surface area contributed by atoms with Crippen molar-refractivity contribution in [3.05, 3.63) is 12.8 Å². The molecule has 1 saturated heterocycles. The second-order valence-electron chi connectivity index (χ2n) is 3.63. The molecule has 1 aliphatic rings. The van der Waals surface area contributed by atoms with Gasteiger partial charge in [-0.25, -0.2) is 0 Å². The summed E-state index contributed by atoms with van der Waals surface area (Å²) in [5.74, 6) is 0. The van der Waals surface area contributed by atoms with Crippen molar-refractivity contribution in [3.8, 4) is 0 Å². The Balaban J connectivity index is 2.39. The molecule has 0 unspecified atom stereocenters.